The van der Waals surface area contributed by atoms with Gasteiger partial charge in [-0.25, -0.2) is 15.0 Å². The van der Waals surface area contributed by atoms with Crippen molar-refractivity contribution in [2.75, 3.05) is 0 Å². The standard InChI is InChI=1S/C74H46N8/c1-5-21-47(22-6-1)72-76-73(48-23-7-2-8-24-48)78-74(77-72)49-37-38-66(81-64-35-19-15-31-54(64)60-42-58-52-29-13-17-33-62(52)79(67(58)44-69(60)81)50-25-9-3-10-26-50)57(41-49)56-39-40-75-46-71(56)82-65-36-20-16-32-55(65)61-43-59-53-30-14-18-34-63(53)80(68(59)45-70(61)82)51-27-11-4-12-28-51/h1-46H. The zero-order valence-corrected chi connectivity index (χ0v) is 44.1. The first-order valence-corrected chi connectivity index (χ1v) is 27.7. The van der Waals surface area contributed by atoms with Crippen molar-refractivity contribution in [1.29, 1.82) is 0 Å². The molecule has 0 N–H and O–H groups in total. The number of aromatic nitrogens is 8. The van der Waals surface area contributed by atoms with Crippen molar-refractivity contribution in [2.45, 2.75) is 0 Å². The summed E-state index contributed by atoms with van der Waals surface area (Å²) >= 11 is 0. The molecule has 17 aromatic rings. The number of hydrogen-bond donors (Lipinski definition) is 0. The molecule has 0 saturated carbocycles. The van der Waals surface area contributed by atoms with Crippen molar-refractivity contribution >= 4 is 87.2 Å². The number of fused-ring (bicyclic) bond motifs is 12. The highest BCUT2D eigenvalue weighted by molar-refractivity contribution is 6.21. The molecule has 6 aromatic heterocycles. The zero-order chi connectivity index (χ0) is 53.8. The fraction of sp³-hybridized carbons (Fsp3) is 0. The summed E-state index contributed by atoms with van der Waals surface area (Å²) in [4.78, 5) is 20.7. The van der Waals surface area contributed by atoms with E-state index in [-0.39, 0.29) is 0 Å². The lowest BCUT2D eigenvalue weighted by Crippen LogP contribution is -2.04. The summed E-state index contributed by atoms with van der Waals surface area (Å²) in [7, 11) is 0. The van der Waals surface area contributed by atoms with E-state index in [4.69, 9.17) is 19.9 Å². The summed E-state index contributed by atoms with van der Waals surface area (Å²) in [6.07, 6.45) is 3.96. The number of rotatable bonds is 8. The van der Waals surface area contributed by atoms with Gasteiger partial charge < -0.3 is 18.3 Å². The molecule has 0 saturated heterocycles. The maximum atomic E-state index is 5.30. The largest absolute Gasteiger partial charge is 0.309 e. The van der Waals surface area contributed by atoms with E-state index in [9.17, 15) is 0 Å². The maximum absolute atomic E-state index is 5.30. The van der Waals surface area contributed by atoms with Gasteiger partial charge in [-0.05, 0) is 97.1 Å². The molecule has 17 rings (SSSR count). The molecular weight excluding hydrogens is 1000 g/mol. The van der Waals surface area contributed by atoms with Crippen molar-refractivity contribution in [3.05, 3.63) is 279 Å². The van der Waals surface area contributed by atoms with Crippen LogP contribution in [0.5, 0.6) is 0 Å². The van der Waals surface area contributed by atoms with Crippen molar-refractivity contribution in [1.82, 2.24) is 38.2 Å². The number of hydrogen-bond acceptors (Lipinski definition) is 4. The first-order chi connectivity index (χ1) is 40.7. The van der Waals surface area contributed by atoms with Crippen LogP contribution >= 0.6 is 0 Å². The lowest BCUT2D eigenvalue weighted by Gasteiger charge is -2.19. The molecule has 0 bridgehead atoms. The summed E-state index contributed by atoms with van der Waals surface area (Å²) in [5.41, 5.74) is 17.7. The first-order valence-electron chi connectivity index (χ1n) is 27.7. The topological polar surface area (TPSA) is 71.3 Å². The molecule has 0 aliphatic heterocycles. The Labute approximate surface area is 470 Å². The van der Waals surface area contributed by atoms with Gasteiger partial charge in [0.1, 0.15) is 0 Å². The molecule has 6 heterocycles. The fourth-order valence-electron chi connectivity index (χ4n) is 12.9. The Morgan fingerprint density at radius 3 is 1.05 bits per heavy atom. The van der Waals surface area contributed by atoms with Gasteiger partial charge in [0.05, 0.1) is 61.7 Å². The van der Waals surface area contributed by atoms with Gasteiger partial charge in [0, 0.05) is 88.5 Å². The summed E-state index contributed by atoms with van der Waals surface area (Å²) in [6.45, 7) is 0. The fourth-order valence-corrected chi connectivity index (χ4v) is 12.9. The van der Waals surface area contributed by atoms with Gasteiger partial charge in [-0.1, -0.05) is 170 Å². The predicted octanol–water partition coefficient (Wildman–Crippen LogP) is 18.3. The van der Waals surface area contributed by atoms with Gasteiger partial charge >= 0.3 is 0 Å². The van der Waals surface area contributed by atoms with E-state index in [2.05, 4.69) is 249 Å². The third-order valence-electron chi connectivity index (χ3n) is 16.5. The van der Waals surface area contributed by atoms with Crippen LogP contribution < -0.4 is 0 Å². The molecule has 11 aromatic carbocycles. The van der Waals surface area contributed by atoms with Gasteiger partial charge in [0.2, 0.25) is 0 Å². The van der Waals surface area contributed by atoms with Gasteiger partial charge in [0.15, 0.2) is 17.5 Å². The van der Waals surface area contributed by atoms with E-state index >= 15 is 0 Å². The minimum absolute atomic E-state index is 0.570. The van der Waals surface area contributed by atoms with Crippen LogP contribution in [0, 0.1) is 0 Å². The second-order valence-electron chi connectivity index (χ2n) is 21.0. The lowest BCUT2D eigenvalue weighted by atomic mass is 9.99. The van der Waals surface area contributed by atoms with Gasteiger partial charge in [-0.3, -0.25) is 4.98 Å². The molecule has 8 nitrogen and oxygen atoms in total. The Kier molecular flexibility index (Phi) is 10.1. The highest BCUT2D eigenvalue weighted by Crippen LogP contribution is 2.46. The van der Waals surface area contributed by atoms with E-state index < -0.39 is 0 Å². The van der Waals surface area contributed by atoms with E-state index in [1.807, 2.05) is 48.8 Å². The van der Waals surface area contributed by atoms with Crippen LogP contribution in [0.4, 0.5) is 0 Å². The Bertz CT molecular complexity index is 5330. The average molecular weight is 1050 g/mol. The minimum Gasteiger partial charge on any atom is -0.309 e. The molecule has 0 amide bonds. The van der Waals surface area contributed by atoms with Crippen molar-refractivity contribution < 1.29 is 0 Å². The van der Waals surface area contributed by atoms with Crippen LogP contribution in [0.1, 0.15) is 0 Å². The maximum Gasteiger partial charge on any atom is 0.164 e. The molecule has 0 fully saturated rings. The number of benzene rings is 11. The van der Waals surface area contributed by atoms with Crippen LogP contribution in [-0.2, 0) is 0 Å². The molecule has 8 heteroatoms. The molecule has 0 aliphatic carbocycles. The Morgan fingerprint density at radius 1 is 0.232 bits per heavy atom. The summed E-state index contributed by atoms with van der Waals surface area (Å²) < 4.78 is 9.69. The van der Waals surface area contributed by atoms with E-state index in [1.54, 1.807) is 0 Å². The predicted molar refractivity (Wildman–Crippen MR) is 337 cm³/mol. The Hall–Kier alpha value is -11.2. The van der Waals surface area contributed by atoms with Crippen LogP contribution in [0.3, 0.4) is 0 Å². The Morgan fingerprint density at radius 2 is 0.598 bits per heavy atom. The Balaban J connectivity index is 0.981. The average Bonchev–Trinajstić information content (AvgIpc) is 4.02. The molecule has 0 radical (unpaired) electrons. The quantitative estimate of drug-likeness (QED) is 0.152. The molecule has 382 valence electrons. The normalized spacial score (nSPS) is 11.9. The summed E-state index contributed by atoms with van der Waals surface area (Å²) in [5, 5.41) is 9.47. The number of para-hydroxylation sites is 6. The van der Waals surface area contributed by atoms with Crippen LogP contribution in [0.15, 0.2) is 279 Å². The number of pyridine rings is 1. The molecule has 82 heavy (non-hydrogen) atoms. The summed E-state index contributed by atoms with van der Waals surface area (Å²) in [6, 6.07) is 95.4. The minimum atomic E-state index is 0.570. The van der Waals surface area contributed by atoms with E-state index in [0.29, 0.717) is 17.5 Å². The van der Waals surface area contributed by atoms with Crippen molar-refractivity contribution in [2.24, 2.45) is 0 Å². The van der Waals surface area contributed by atoms with Crippen LogP contribution in [0.2, 0.25) is 0 Å². The highest BCUT2D eigenvalue weighted by Gasteiger charge is 2.25. The monoisotopic (exact) mass is 1050 g/mol. The van der Waals surface area contributed by atoms with Crippen LogP contribution in [0.25, 0.3) is 155 Å². The third-order valence-corrected chi connectivity index (χ3v) is 16.5. The van der Waals surface area contributed by atoms with Gasteiger partial charge in [-0.15, -0.1) is 0 Å². The second-order valence-corrected chi connectivity index (χ2v) is 21.0. The SMILES string of the molecule is c1ccc(-c2nc(-c3ccccc3)nc(-c3ccc(-n4c5ccccc5c5cc6c7ccccc7n(-c7ccccc7)c6cc54)c(-c4ccncc4-n4c5ccccc5c5cc6c7ccccc7n(-c7ccccc7)c6cc54)c3)n2)cc1. The van der Waals surface area contributed by atoms with Gasteiger partial charge in [-0.2, -0.15) is 0 Å². The molecular formula is C74H46N8. The van der Waals surface area contributed by atoms with Crippen LogP contribution in [-0.4, -0.2) is 38.2 Å². The summed E-state index contributed by atoms with van der Waals surface area (Å²) in [5.74, 6) is 1.77. The van der Waals surface area contributed by atoms with Crippen molar-refractivity contribution in [3.63, 3.8) is 0 Å². The van der Waals surface area contributed by atoms with Gasteiger partial charge in [0.25, 0.3) is 0 Å². The first kappa shape index (κ1) is 45.8. The number of nitrogens with zero attached hydrogens (tertiary/aromatic N) is 8. The third kappa shape index (κ3) is 6.98. The zero-order valence-electron chi connectivity index (χ0n) is 44.1. The molecule has 0 unspecified atom stereocenters. The second kappa shape index (κ2) is 18.2. The van der Waals surface area contributed by atoms with E-state index in [1.165, 1.54) is 32.3 Å². The molecule has 0 atom stereocenters. The smallest absolute Gasteiger partial charge is 0.164 e. The van der Waals surface area contributed by atoms with E-state index in [0.717, 1.165) is 105 Å². The lowest BCUT2D eigenvalue weighted by molar-refractivity contribution is 1.07. The van der Waals surface area contributed by atoms with Crippen molar-refractivity contribution in [3.8, 4) is 68.0 Å². The molecule has 0 spiro atoms. The molecule has 0 aliphatic rings. The highest BCUT2D eigenvalue weighted by atomic mass is 15.1.